The summed E-state index contributed by atoms with van der Waals surface area (Å²) in [6.45, 7) is 17.6. The summed E-state index contributed by atoms with van der Waals surface area (Å²) in [5.41, 5.74) is 1.52. The van der Waals surface area contributed by atoms with Crippen molar-refractivity contribution in [2.24, 2.45) is 0 Å². The van der Waals surface area contributed by atoms with E-state index in [2.05, 4.69) is 40.4 Å². The van der Waals surface area contributed by atoms with Gasteiger partial charge in [-0.05, 0) is 49.9 Å². The number of halogens is 2. The maximum absolute atomic E-state index is 15.5. The number of anilines is 1. The van der Waals surface area contributed by atoms with Gasteiger partial charge in [-0.25, -0.2) is 8.78 Å². The van der Waals surface area contributed by atoms with Crippen LogP contribution in [0.15, 0.2) is 17.4 Å². The second kappa shape index (κ2) is 7.80. The number of hydrogen-bond acceptors (Lipinski definition) is 3. The number of fused-ring (bicyclic) bond motifs is 1. The van der Waals surface area contributed by atoms with Crippen molar-refractivity contribution in [2.75, 3.05) is 18.0 Å². The van der Waals surface area contributed by atoms with Gasteiger partial charge in [-0.2, -0.15) is 0 Å². The Morgan fingerprint density at radius 2 is 1.84 bits per heavy atom. The summed E-state index contributed by atoms with van der Waals surface area (Å²) < 4.78 is 39.2. The molecule has 2 fully saturated rings. The molecule has 0 N–H and O–H groups in total. The summed E-state index contributed by atoms with van der Waals surface area (Å²) in [5, 5.41) is 0.233. The Bertz CT molecular complexity index is 1150. The molecule has 2 aliphatic rings. The predicted octanol–water partition coefficient (Wildman–Crippen LogP) is 6.17. The van der Waals surface area contributed by atoms with Crippen molar-refractivity contribution in [1.29, 1.82) is 0 Å². The predicted molar refractivity (Wildman–Crippen MR) is 130 cm³/mol. The third-order valence-corrected chi connectivity index (χ3v) is 12.0. The second-order valence-corrected chi connectivity index (χ2v) is 15.6. The zero-order chi connectivity index (χ0) is 23.6. The Hall–Kier alpha value is -1.99. The van der Waals surface area contributed by atoms with E-state index in [0.717, 1.165) is 19.3 Å². The first-order valence-corrected chi connectivity index (χ1v) is 14.4. The molecule has 1 atom stereocenters. The lowest BCUT2D eigenvalue weighted by Crippen LogP contribution is -2.44. The van der Waals surface area contributed by atoms with Gasteiger partial charge in [0.15, 0.2) is 20.0 Å². The van der Waals surface area contributed by atoms with Crippen LogP contribution < -0.4 is 10.5 Å². The summed E-state index contributed by atoms with van der Waals surface area (Å²) in [6, 6.07) is 1.42. The van der Waals surface area contributed by atoms with E-state index in [1.807, 2.05) is 4.90 Å². The summed E-state index contributed by atoms with van der Waals surface area (Å²) in [6.07, 6.45) is 3.94. The zero-order valence-electron chi connectivity index (χ0n) is 20.0. The summed E-state index contributed by atoms with van der Waals surface area (Å²) in [5.74, 6) is -1.76. The van der Waals surface area contributed by atoms with Crippen LogP contribution in [0.4, 0.5) is 14.5 Å². The quantitative estimate of drug-likeness (QED) is 0.501. The average molecular weight is 461 g/mol. The topological polar surface area (TPSA) is 34.5 Å². The largest absolute Gasteiger partial charge is 0.412 e. The molecule has 1 aliphatic heterocycles. The van der Waals surface area contributed by atoms with Gasteiger partial charge in [0.25, 0.3) is 5.56 Å². The van der Waals surface area contributed by atoms with E-state index in [1.54, 1.807) is 11.5 Å². The smallest absolute Gasteiger partial charge is 0.251 e. The van der Waals surface area contributed by atoms with Gasteiger partial charge < -0.3 is 13.9 Å². The van der Waals surface area contributed by atoms with Crippen molar-refractivity contribution < 1.29 is 13.2 Å². The van der Waals surface area contributed by atoms with Crippen LogP contribution in [-0.4, -0.2) is 32.1 Å². The molecule has 2 heterocycles. The summed E-state index contributed by atoms with van der Waals surface area (Å²) in [4.78, 5) is 14.7. The van der Waals surface area contributed by atoms with Crippen LogP contribution in [0, 0.1) is 18.6 Å². The normalized spacial score (nSPS) is 19.8. The minimum atomic E-state index is -1.97. The lowest BCUT2D eigenvalue weighted by molar-refractivity contribution is 0.202. The van der Waals surface area contributed by atoms with Crippen LogP contribution in [0.2, 0.25) is 18.1 Å². The zero-order valence-corrected chi connectivity index (χ0v) is 21.0. The molecule has 2 aromatic rings. The number of benzene rings is 1. The summed E-state index contributed by atoms with van der Waals surface area (Å²) >= 11 is 0. The second-order valence-electron chi connectivity index (χ2n) is 10.8. The lowest BCUT2D eigenvalue weighted by Gasteiger charge is -2.38. The van der Waals surface area contributed by atoms with E-state index in [-0.39, 0.29) is 33.8 Å². The van der Waals surface area contributed by atoms with E-state index in [9.17, 15) is 4.79 Å². The Morgan fingerprint density at radius 3 is 2.41 bits per heavy atom. The van der Waals surface area contributed by atoms with E-state index in [0.29, 0.717) is 29.7 Å². The highest BCUT2D eigenvalue weighted by molar-refractivity contribution is 6.74. The number of rotatable bonds is 5. The van der Waals surface area contributed by atoms with Crippen molar-refractivity contribution in [2.45, 2.75) is 77.2 Å². The first-order chi connectivity index (χ1) is 14.9. The van der Waals surface area contributed by atoms with Gasteiger partial charge in [0.2, 0.25) is 0 Å². The summed E-state index contributed by atoms with van der Waals surface area (Å²) in [7, 11) is -1.97. The standard InChI is InChI=1S/C25H34F2N2O2Si/c1-8-16-13-19(30)29(17-9-10-17)23-15(2)24(22(27)21(26)20(16)23)28-12-11-18(14-28)31-32(6,7)25(3,4)5/h8,13,17-18H,1,9-12,14H2,2-7H3/t18-/m0/s1. The number of aryl methyl sites for hydroxylation is 1. The molecular weight excluding hydrogens is 426 g/mol. The molecule has 1 aromatic carbocycles. The molecule has 4 rings (SSSR count). The lowest BCUT2D eigenvalue weighted by atomic mass is 10.0. The molecule has 0 unspecified atom stereocenters. The van der Waals surface area contributed by atoms with E-state index < -0.39 is 20.0 Å². The molecule has 1 saturated carbocycles. The molecule has 4 nitrogen and oxygen atoms in total. The number of aromatic nitrogens is 1. The molecule has 0 bridgehead atoms. The third kappa shape index (κ3) is 3.73. The maximum Gasteiger partial charge on any atom is 0.251 e. The fourth-order valence-corrected chi connectivity index (χ4v) is 5.96. The van der Waals surface area contributed by atoms with Crippen LogP contribution in [0.3, 0.4) is 0 Å². The van der Waals surface area contributed by atoms with Crippen LogP contribution in [0.25, 0.3) is 17.0 Å². The molecule has 0 amide bonds. The number of pyridine rings is 1. The first-order valence-electron chi connectivity index (χ1n) is 11.5. The van der Waals surface area contributed by atoms with Crippen molar-refractivity contribution in [1.82, 2.24) is 4.57 Å². The van der Waals surface area contributed by atoms with Gasteiger partial charge >= 0.3 is 0 Å². The molecule has 174 valence electrons. The monoisotopic (exact) mass is 460 g/mol. The van der Waals surface area contributed by atoms with Gasteiger partial charge in [0.1, 0.15) is 0 Å². The Kier molecular flexibility index (Phi) is 5.65. The van der Waals surface area contributed by atoms with Crippen molar-refractivity contribution in [3.8, 4) is 0 Å². The average Bonchev–Trinajstić information content (AvgIpc) is 3.43. The Morgan fingerprint density at radius 1 is 1.19 bits per heavy atom. The van der Waals surface area contributed by atoms with E-state index >= 15 is 8.78 Å². The van der Waals surface area contributed by atoms with Crippen LogP contribution in [0.1, 0.15) is 57.2 Å². The minimum Gasteiger partial charge on any atom is -0.412 e. The van der Waals surface area contributed by atoms with E-state index in [1.165, 1.54) is 12.1 Å². The molecule has 0 spiro atoms. The van der Waals surface area contributed by atoms with Crippen LogP contribution in [-0.2, 0) is 4.43 Å². The number of hydrogen-bond donors (Lipinski definition) is 0. The highest BCUT2D eigenvalue weighted by Crippen LogP contribution is 2.43. The highest BCUT2D eigenvalue weighted by atomic mass is 28.4. The van der Waals surface area contributed by atoms with Gasteiger partial charge in [0.05, 0.1) is 17.3 Å². The number of nitrogens with zero attached hydrogens (tertiary/aromatic N) is 2. The minimum absolute atomic E-state index is 0.0152. The SMILES string of the molecule is C=Cc1cc(=O)n(C2CC2)c2c(C)c(N3CC[C@H](O[Si](C)(C)C(C)(C)C)C3)c(F)c(F)c12. The van der Waals surface area contributed by atoms with Crippen molar-refractivity contribution in [3.05, 3.63) is 45.8 Å². The van der Waals surface area contributed by atoms with Gasteiger partial charge in [-0.1, -0.05) is 33.4 Å². The van der Waals surface area contributed by atoms with Gasteiger partial charge in [-0.15, -0.1) is 0 Å². The van der Waals surface area contributed by atoms with Crippen molar-refractivity contribution >= 4 is 31.0 Å². The molecule has 32 heavy (non-hydrogen) atoms. The molecule has 0 radical (unpaired) electrons. The van der Waals surface area contributed by atoms with Crippen LogP contribution >= 0.6 is 0 Å². The highest BCUT2D eigenvalue weighted by Gasteiger charge is 2.41. The molecule has 1 aliphatic carbocycles. The van der Waals surface area contributed by atoms with E-state index in [4.69, 9.17) is 4.43 Å². The molecule has 1 saturated heterocycles. The molecular formula is C25H34F2N2O2Si. The Labute approximate surface area is 190 Å². The third-order valence-electron chi connectivity index (χ3n) is 7.47. The maximum atomic E-state index is 15.5. The van der Waals surface area contributed by atoms with Gasteiger partial charge in [-0.3, -0.25) is 4.79 Å². The fourth-order valence-electron chi connectivity index (χ4n) is 4.58. The molecule has 7 heteroatoms. The Balaban J connectivity index is 1.80. The van der Waals surface area contributed by atoms with Gasteiger partial charge in [0, 0.05) is 36.1 Å². The fraction of sp³-hybridized carbons (Fsp3) is 0.560. The first kappa shape index (κ1) is 23.2. The van der Waals surface area contributed by atoms with Crippen molar-refractivity contribution in [3.63, 3.8) is 0 Å². The molecule has 1 aromatic heterocycles. The van der Waals surface area contributed by atoms with Crippen LogP contribution in [0.5, 0.6) is 0 Å².